The van der Waals surface area contributed by atoms with Crippen molar-refractivity contribution in [2.24, 2.45) is 5.92 Å². The molecule has 3 aromatic rings. The molecule has 0 aliphatic heterocycles. The Hall–Kier alpha value is -2.94. The number of aromatic amines is 1. The van der Waals surface area contributed by atoms with Gasteiger partial charge in [-0.15, -0.1) is 21.5 Å². The van der Waals surface area contributed by atoms with E-state index in [1.165, 1.54) is 11.3 Å². The maximum Gasteiger partial charge on any atom is 0.325 e. The third kappa shape index (κ3) is 5.78. The fourth-order valence-electron chi connectivity index (χ4n) is 2.43. The zero-order chi connectivity index (χ0) is 19.9. The molecule has 2 aromatic heterocycles. The van der Waals surface area contributed by atoms with Crippen molar-refractivity contribution < 1.29 is 9.53 Å². The fraction of sp³-hybridized carbons (Fsp3) is 0.368. The summed E-state index contributed by atoms with van der Waals surface area (Å²) in [4.78, 5) is 20.7. The maximum atomic E-state index is 12.4. The zero-order valence-electron chi connectivity index (χ0n) is 16.2. The van der Waals surface area contributed by atoms with Gasteiger partial charge in [-0.3, -0.25) is 5.32 Å². The number of hydrogen-bond donors (Lipinski definition) is 3. The number of aromatic nitrogens is 4. The first kappa shape index (κ1) is 19.8. The number of nitrogens with zero attached hydrogens (tertiary/aromatic N) is 3. The Morgan fingerprint density at radius 3 is 2.89 bits per heavy atom. The van der Waals surface area contributed by atoms with Crippen LogP contribution in [-0.2, 0) is 12.8 Å². The van der Waals surface area contributed by atoms with E-state index < -0.39 is 0 Å². The number of benzene rings is 1. The highest BCUT2D eigenvalue weighted by Gasteiger charge is 2.11. The first-order valence-electron chi connectivity index (χ1n) is 9.10. The second-order valence-electron chi connectivity index (χ2n) is 6.85. The molecule has 28 heavy (non-hydrogen) atoms. The summed E-state index contributed by atoms with van der Waals surface area (Å²) in [6, 6.07) is 5.34. The van der Waals surface area contributed by atoms with Gasteiger partial charge in [-0.2, -0.15) is 0 Å². The van der Waals surface area contributed by atoms with Crippen LogP contribution in [0.4, 0.5) is 15.6 Å². The molecular weight excluding hydrogens is 376 g/mol. The number of carbonyl (C=O) groups is 1. The van der Waals surface area contributed by atoms with Crippen molar-refractivity contribution in [2.45, 2.75) is 33.6 Å². The largest absolute Gasteiger partial charge is 0.491 e. The minimum Gasteiger partial charge on any atom is -0.491 e. The van der Waals surface area contributed by atoms with Gasteiger partial charge in [0.25, 0.3) is 0 Å². The van der Waals surface area contributed by atoms with Gasteiger partial charge in [-0.25, -0.2) is 9.78 Å². The number of aryl methyl sites for hydroxylation is 3. The van der Waals surface area contributed by atoms with Crippen molar-refractivity contribution in [1.29, 1.82) is 0 Å². The van der Waals surface area contributed by atoms with E-state index in [1.54, 1.807) is 12.5 Å². The molecule has 2 heterocycles. The monoisotopic (exact) mass is 400 g/mol. The first-order chi connectivity index (χ1) is 13.5. The molecule has 0 bridgehead atoms. The van der Waals surface area contributed by atoms with Gasteiger partial charge in [0, 0.05) is 17.5 Å². The van der Waals surface area contributed by atoms with Crippen molar-refractivity contribution in [2.75, 3.05) is 17.2 Å². The van der Waals surface area contributed by atoms with E-state index in [4.69, 9.17) is 4.74 Å². The number of anilines is 2. The molecule has 0 atom stereocenters. The van der Waals surface area contributed by atoms with Crippen LogP contribution in [0.5, 0.6) is 5.75 Å². The minimum absolute atomic E-state index is 0.352. The summed E-state index contributed by atoms with van der Waals surface area (Å²) in [6.45, 7) is 6.73. The number of thiazole rings is 1. The van der Waals surface area contributed by atoms with Gasteiger partial charge >= 0.3 is 6.03 Å². The van der Waals surface area contributed by atoms with Gasteiger partial charge in [-0.1, -0.05) is 19.9 Å². The molecule has 3 rings (SSSR count). The topological polar surface area (TPSA) is 105 Å². The number of hydrogen-bond acceptors (Lipinski definition) is 6. The van der Waals surface area contributed by atoms with Crippen LogP contribution in [0.15, 0.2) is 30.7 Å². The number of carbonyl (C=O) groups excluding carboxylic acids is 1. The smallest absolute Gasteiger partial charge is 0.325 e. The van der Waals surface area contributed by atoms with Gasteiger partial charge < -0.3 is 15.0 Å². The van der Waals surface area contributed by atoms with Crippen LogP contribution in [0.2, 0.25) is 0 Å². The second kappa shape index (κ2) is 9.32. The molecule has 1 aromatic carbocycles. The van der Waals surface area contributed by atoms with Crippen LogP contribution in [0.25, 0.3) is 0 Å². The lowest BCUT2D eigenvalue weighted by Gasteiger charge is -2.14. The van der Waals surface area contributed by atoms with E-state index in [9.17, 15) is 4.79 Å². The van der Waals surface area contributed by atoms with Crippen LogP contribution in [0.1, 0.15) is 30.1 Å². The fourth-order valence-corrected chi connectivity index (χ4v) is 3.24. The van der Waals surface area contributed by atoms with Crippen LogP contribution in [0.3, 0.4) is 0 Å². The number of urea groups is 1. The van der Waals surface area contributed by atoms with Gasteiger partial charge in [0.15, 0.2) is 5.13 Å². The van der Waals surface area contributed by atoms with E-state index >= 15 is 0 Å². The molecule has 0 fully saturated rings. The molecule has 0 aliphatic carbocycles. The second-order valence-corrected chi connectivity index (χ2v) is 7.97. The lowest BCUT2D eigenvalue weighted by atomic mass is 10.2. The predicted octanol–water partition coefficient (Wildman–Crippen LogP) is 4.03. The lowest BCUT2D eigenvalue weighted by Crippen LogP contribution is -2.20. The van der Waals surface area contributed by atoms with E-state index in [0.717, 1.165) is 29.1 Å². The summed E-state index contributed by atoms with van der Waals surface area (Å²) in [5, 5.41) is 13.9. The standard InChI is InChI=1S/C19H24N6O2S/c1-12(2)10-27-16-8-13(3)4-6-15(16)23-18(26)24-19-20-9-14(28-19)5-7-17-21-11-22-25-17/h4,6,8-9,11-12H,5,7,10H2,1-3H3,(H,21,22,25)(H2,20,23,24,26). The quantitative estimate of drug-likeness (QED) is 0.529. The van der Waals surface area contributed by atoms with E-state index in [0.29, 0.717) is 29.1 Å². The predicted molar refractivity (Wildman–Crippen MR) is 110 cm³/mol. The van der Waals surface area contributed by atoms with Crippen LogP contribution >= 0.6 is 11.3 Å². The average Bonchev–Trinajstić information content (AvgIpc) is 3.32. The van der Waals surface area contributed by atoms with Gasteiger partial charge in [0.2, 0.25) is 0 Å². The highest BCUT2D eigenvalue weighted by atomic mass is 32.1. The number of ether oxygens (including phenoxy) is 1. The van der Waals surface area contributed by atoms with Gasteiger partial charge in [0.05, 0.1) is 12.3 Å². The van der Waals surface area contributed by atoms with Gasteiger partial charge in [0.1, 0.15) is 17.9 Å². The Morgan fingerprint density at radius 1 is 1.29 bits per heavy atom. The molecule has 0 unspecified atom stereocenters. The number of amides is 2. The molecule has 3 N–H and O–H groups in total. The molecule has 0 radical (unpaired) electrons. The maximum absolute atomic E-state index is 12.4. The molecule has 0 saturated carbocycles. The highest BCUT2D eigenvalue weighted by molar-refractivity contribution is 7.15. The lowest BCUT2D eigenvalue weighted by molar-refractivity contribution is 0.260. The summed E-state index contributed by atoms with van der Waals surface area (Å²) in [5.74, 6) is 1.89. The number of nitrogens with one attached hydrogen (secondary N) is 3. The molecule has 0 aliphatic rings. The Balaban J connectivity index is 1.57. The number of rotatable bonds is 8. The number of H-pyrrole nitrogens is 1. The molecule has 0 spiro atoms. The van der Waals surface area contributed by atoms with Crippen molar-refractivity contribution >= 4 is 28.2 Å². The first-order valence-corrected chi connectivity index (χ1v) is 9.92. The molecule has 8 nitrogen and oxygen atoms in total. The molecular formula is C19H24N6O2S. The molecule has 0 saturated heterocycles. The van der Waals surface area contributed by atoms with E-state index in [-0.39, 0.29) is 6.03 Å². The Labute approximate surface area is 167 Å². The van der Waals surface area contributed by atoms with Crippen LogP contribution < -0.4 is 15.4 Å². The normalized spacial score (nSPS) is 10.9. The third-order valence-electron chi connectivity index (χ3n) is 3.81. The van der Waals surface area contributed by atoms with Crippen LogP contribution in [-0.4, -0.2) is 32.8 Å². The molecule has 2 amide bonds. The van der Waals surface area contributed by atoms with Crippen molar-refractivity contribution in [1.82, 2.24) is 20.2 Å². The zero-order valence-corrected chi connectivity index (χ0v) is 17.0. The van der Waals surface area contributed by atoms with E-state index in [2.05, 4.69) is 44.6 Å². The van der Waals surface area contributed by atoms with Crippen molar-refractivity contribution in [3.8, 4) is 5.75 Å². The van der Waals surface area contributed by atoms with Crippen LogP contribution in [0, 0.1) is 12.8 Å². The SMILES string of the molecule is Cc1ccc(NC(=O)Nc2ncc(CCc3nnc[nH]3)s2)c(OCC(C)C)c1. The summed E-state index contributed by atoms with van der Waals surface area (Å²) in [5.41, 5.74) is 1.70. The Kier molecular flexibility index (Phi) is 6.59. The Bertz CT molecular complexity index is 907. The molecule has 9 heteroatoms. The molecule has 148 valence electrons. The highest BCUT2D eigenvalue weighted by Crippen LogP contribution is 2.27. The Morgan fingerprint density at radius 2 is 2.14 bits per heavy atom. The third-order valence-corrected chi connectivity index (χ3v) is 4.78. The average molecular weight is 401 g/mol. The summed E-state index contributed by atoms with van der Waals surface area (Å²) in [7, 11) is 0. The van der Waals surface area contributed by atoms with Crippen molar-refractivity contribution in [3.63, 3.8) is 0 Å². The van der Waals surface area contributed by atoms with Gasteiger partial charge in [-0.05, 0) is 37.0 Å². The summed E-state index contributed by atoms with van der Waals surface area (Å²) < 4.78 is 5.83. The summed E-state index contributed by atoms with van der Waals surface area (Å²) in [6.07, 6.45) is 4.85. The van der Waals surface area contributed by atoms with Crippen molar-refractivity contribution in [3.05, 3.63) is 47.0 Å². The minimum atomic E-state index is -0.352. The van der Waals surface area contributed by atoms with E-state index in [1.807, 2.05) is 25.1 Å². The summed E-state index contributed by atoms with van der Waals surface area (Å²) >= 11 is 1.44.